The summed E-state index contributed by atoms with van der Waals surface area (Å²) in [6, 6.07) is 14.4. The van der Waals surface area contributed by atoms with E-state index in [0.717, 1.165) is 11.1 Å². The maximum atomic E-state index is 12.9. The van der Waals surface area contributed by atoms with Crippen molar-refractivity contribution in [2.45, 2.75) is 31.2 Å². The Morgan fingerprint density at radius 2 is 1.60 bits per heavy atom. The highest BCUT2D eigenvalue weighted by atomic mass is 35.5. The summed E-state index contributed by atoms with van der Waals surface area (Å²) in [6.07, 6.45) is 0. The molecule has 2 aromatic rings. The van der Waals surface area contributed by atoms with Gasteiger partial charge < -0.3 is 5.32 Å². The summed E-state index contributed by atoms with van der Waals surface area (Å²) in [6.45, 7) is 6.65. The summed E-state index contributed by atoms with van der Waals surface area (Å²) in [4.78, 5) is 14.5. The van der Waals surface area contributed by atoms with E-state index in [4.69, 9.17) is 11.6 Å². The standard InChI is InChI=1S/C22H28ClN3O3S/c1-17(2)19-5-9-21(10-6-19)30(28,29)26-13-11-25(12-14-26)16-22(27)24-15-18-3-7-20(23)8-4-18/h3-10,17H,11-16H2,1-2H3,(H,24,27). The highest BCUT2D eigenvalue weighted by molar-refractivity contribution is 7.89. The zero-order valence-electron chi connectivity index (χ0n) is 17.3. The number of nitrogens with zero attached hydrogens (tertiary/aromatic N) is 2. The van der Waals surface area contributed by atoms with Gasteiger partial charge in [-0.15, -0.1) is 0 Å². The zero-order valence-corrected chi connectivity index (χ0v) is 18.9. The number of halogens is 1. The molecule has 1 aliphatic rings. The predicted octanol–water partition coefficient (Wildman–Crippen LogP) is 3.09. The van der Waals surface area contributed by atoms with Crippen LogP contribution < -0.4 is 5.32 Å². The Kier molecular flexibility index (Phi) is 7.52. The molecule has 8 heteroatoms. The SMILES string of the molecule is CC(C)c1ccc(S(=O)(=O)N2CCN(CC(=O)NCc3ccc(Cl)cc3)CC2)cc1. The molecule has 1 amide bonds. The van der Waals surface area contributed by atoms with Crippen LogP contribution in [0.2, 0.25) is 5.02 Å². The number of hydrogen-bond acceptors (Lipinski definition) is 4. The molecule has 30 heavy (non-hydrogen) atoms. The van der Waals surface area contributed by atoms with Gasteiger partial charge in [-0.05, 0) is 41.3 Å². The van der Waals surface area contributed by atoms with E-state index >= 15 is 0 Å². The molecule has 0 atom stereocenters. The number of rotatable bonds is 7. The number of piperazine rings is 1. The fourth-order valence-corrected chi connectivity index (χ4v) is 4.91. The molecule has 1 fully saturated rings. The van der Waals surface area contributed by atoms with Crippen LogP contribution in [0.15, 0.2) is 53.4 Å². The van der Waals surface area contributed by atoms with Gasteiger partial charge >= 0.3 is 0 Å². The van der Waals surface area contributed by atoms with E-state index in [2.05, 4.69) is 19.2 Å². The molecule has 1 aliphatic heterocycles. The maximum Gasteiger partial charge on any atom is 0.243 e. The first-order valence-electron chi connectivity index (χ1n) is 10.1. The number of amides is 1. The predicted molar refractivity (Wildman–Crippen MR) is 119 cm³/mol. The van der Waals surface area contributed by atoms with Crippen molar-refractivity contribution in [3.05, 3.63) is 64.7 Å². The molecular formula is C22H28ClN3O3S. The average molecular weight is 450 g/mol. The molecule has 6 nitrogen and oxygen atoms in total. The number of hydrogen-bond donors (Lipinski definition) is 1. The van der Waals surface area contributed by atoms with Crippen molar-refractivity contribution in [2.24, 2.45) is 0 Å². The number of nitrogens with one attached hydrogen (secondary N) is 1. The fraction of sp³-hybridized carbons (Fsp3) is 0.409. The van der Waals surface area contributed by atoms with Crippen LogP contribution in [0.4, 0.5) is 0 Å². The van der Waals surface area contributed by atoms with E-state index in [9.17, 15) is 13.2 Å². The van der Waals surface area contributed by atoms with E-state index < -0.39 is 10.0 Å². The lowest BCUT2D eigenvalue weighted by Gasteiger charge is -2.33. The molecule has 3 rings (SSSR count). The van der Waals surface area contributed by atoms with Gasteiger partial charge in [0, 0.05) is 37.7 Å². The van der Waals surface area contributed by atoms with Gasteiger partial charge in [-0.25, -0.2) is 8.42 Å². The monoisotopic (exact) mass is 449 g/mol. The van der Waals surface area contributed by atoms with Crippen LogP contribution >= 0.6 is 11.6 Å². The Morgan fingerprint density at radius 1 is 1.00 bits per heavy atom. The van der Waals surface area contributed by atoms with Gasteiger partial charge in [-0.1, -0.05) is 49.7 Å². The summed E-state index contributed by atoms with van der Waals surface area (Å²) in [7, 11) is -3.51. The normalized spacial score (nSPS) is 16.0. The smallest absolute Gasteiger partial charge is 0.243 e. The Balaban J connectivity index is 1.48. The first-order chi connectivity index (χ1) is 14.3. The van der Waals surface area contributed by atoms with Gasteiger partial charge in [0.25, 0.3) is 0 Å². The fourth-order valence-electron chi connectivity index (χ4n) is 3.36. The summed E-state index contributed by atoms with van der Waals surface area (Å²) in [5, 5.41) is 3.55. The molecule has 1 heterocycles. The van der Waals surface area contributed by atoms with Gasteiger partial charge in [-0.3, -0.25) is 9.69 Å². The molecule has 1 N–H and O–H groups in total. The van der Waals surface area contributed by atoms with Crippen LogP contribution in [0.1, 0.15) is 30.9 Å². The molecule has 2 aromatic carbocycles. The van der Waals surface area contributed by atoms with Crippen molar-refractivity contribution in [2.75, 3.05) is 32.7 Å². The molecular weight excluding hydrogens is 422 g/mol. The molecule has 0 spiro atoms. The Hall–Kier alpha value is -1.93. The quantitative estimate of drug-likeness (QED) is 0.705. The van der Waals surface area contributed by atoms with E-state index in [1.807, 2.05) is 29.2 Å². The third kappa shape index (κ3) is 5.82. The lowest BCUT2D eigenvalue weighted by atomic mass is 10.0. The lowest BCUT2D eigenvalue weighted by molar-refractivity contribution is -0.122. The average Bonchev–Trinajstić information content (AvgIpc) is 2.74. The Bertz CT molecular complexity index is 952. The summed E-state index contributed by atoms with van der Waals surface area (Å²) < 4.78 is 27.3. The topological polar surface area (TPSA) is 69.7 Å². The number of benzene rings is 2. The van der Waals surface area contributed by atoms with Gasteiger partial charge in [0.1, 0.15) is 0 Å². The molecule has 0 aromatic heterocycles. The second kappa shape index (κ2) is 9.92. The van der Waals surface area contributed by atoms with Gasteiger partial charge in [0.05, 0.1) is 11.4 Å². The molecule has 0 aliphatic carbocycles. The van der Waals surface area contributed by atoms with Crippen LogP contribution in [0.25, 0.3) is 0 Å². The first-order valence-corrected chi connectivity index (χ1v) is 11.9. The van der Waals surface area contributed by atoms with Crippen molar-refractivity contribution < 1.29 is 13.2 Å². The molecule has 0 radical (unpaired) electrons. The third-order valence-corrected chi connectivity index (χ3v) is 7.45. The third-order valence-electron chi connectivity index (χ3n) is 5.29. The van der Waals surface area contributed by atoms with E-state index in [0.29, 0.717) is 48.6 Å². The zero-order chi connectivity index (χ0) is 21.7. The molecule has 1 saturated heterocycles. The molecule has 162 valence electrons. The molecule has 0 saturated carbocycles. The first kappa shape index (κ1) is 22.7. The van der Waals surface area contributed by atoms with E-state index in [1.165, 1.54) is 4.31 Å². The minimum atomic E-state index is -3.51. The van der Waals surface area contributed by atoms with Crippen LogP contribution in [0.3, 0.4) is 0 Å². The highest BCUT2D eigenvalue weighted by Crippen LogP contribution is 2.21. The van der Waals surface area contributed by atoms with Crippen molar-refractivity contribution in [3.8, 4) is 0 Å². The van der Waals surface area contributed by atoms with Crippen LogP contribution in [-0.4, -0.2) is 56.3 Å². The second-order valence-electron chi connectivity index (χ2n) is 7.81. The lowest BCUT2D eigenvalue weighted by Crippen LogP contribution is -2.50. The number of sulfonamides is 1. The van der Waals surface area contributed by atoms with Crippen LogP contribution in [-0.2, 0) is 21.4 Å². The largest absolute Gasteiger partial charge is 0.351 e. The molecule has 0 unspecified atom stereocenters. The minimum Gasteiger partial charge on any atom is -0.351 e. The van der Waals surface area contributed by atoms with Gasteiger partial charge in [0.2, 0.25) is 15.9 Å². The van der Waals surface area contributed by atoms with Gasteiger partial charge in [0.15, 0.2) is 0 Å². The number of carbonyl (C=O) groups is 1. The van der Waals surface area contributed by atoms with E-state index in [1.54, 1.807) is 24.3 Å². The second-order valence-corrected chi connectivity index (χ2v) is 10.2. The number of carbonyl (C=O) groups excluding carboxylic acids is 1. The summed E-state index contributed by atoms with van der Waals surface area (Å²) in [5.41, 5.74) is 2.09. The van der Waals surface area contributed by atoms with Gasteiger partial charge in [-0.2, -0.15) is 4.31 Å². The Labute approximate surface area is 183 Å². The molecule has 0 bridgehead atoms. The van der Waals surface area contributed by atoms with Crippen molar-refractivity contribution >= 4 is 27.5 Å². The van der Waals surface area contributed by atoms with E-state index in [-0.39, 0.29) is 12.5 Å². The van der Waals surface area contributed by atoms with Crippen molar-refractivity contribution in [3.63, 3.8) is 0 Å². The summed E-state index contributed by atoms with van der Waals surface area (Å²) in [5.74, 6) is 0.279. The maximum absolute atomic E-state index is 12.9. The van der Waals surface area contributed by atoms with Crippen molar-refractivity contribution in [1.82, 2.24) is 14.5 Å². The summed E-state index contributed by atoms with van der Waals surface area (Å²) >= 11 is 5.86. The highest BCUT2D eigenvalue weighted by Gasteiger charge is 2.29. The van der Waals surface area contributed by atoms with Crippen molar-refractivity contribution in [1.29, 1.82) is 0 Å². The van der Waals surface area contributed by atoms with Crippen LogP contribution in [0.5, 0.6) is 0 Å². The minimum absolute atomic E-state index is 0.0782. The van der Waals surface area contributed by atoms with Crippen LogP contribution in [0, 0.1) is 0 Å². The Morgan fingerprint density at radius 3 is 2.17 bits per heavy atom.